The molecule has 0 bridgehead atoms. The standard InChI is InChI=1S/C21H23BrN4O5/c1-3-23-20(28)21(29)26-24-12-14-5-10-17(18(11-14)30-4-2)31-13-19(27)25-16-8-6-15(22)7-9-16/h5-12H,3-4,13H2,1-2H3,(H,23,28)(H,25,27)(H,26,29)/b24-12-. The number of nitrogens with zero attached hydrogens (tertiary/aromatic N) is 1. The maximum atomic E-state index is 12.1. The molecule has 31 heavy (non-hydrogen) atoms. The largest absolute Gasteiger partial charge is 0.490 e. The predicted molar refractivity (Wildman–Crippen MR) is 120 cm³/mol. The second kappa shape index (κ2) is 12.3. The third-order valence-electron chi connectivity index (χ3n) is 3.68. The van der Waals surface area contributed by atoms with Gasteiger partial charge in [0.2, 0.25) is 0 Å². The molecule has 0 spiro atoms. The van der Waals surface area contributed by atoms with E-state index in [2.05, 4.69) is 37.1 Å². The van der Waals surface area contributed by atoms with Crippen LogP contribution >= 0.6 is 15.9 Å². The van der Waals surface area contributed by atoms with E-state index in [0.717, 1.165) is 4.47 Å². The first kappa shape index (κ1) is 23.9. The second-order valence-corrected chi connectivity index (χ2v) is 6.96. The molecule has 2 aromatic rings. The molecule has 0 aliphatic heterocycles. The van der Waals surface area contributed by atoms with E-state index in [9.17, 15) is 14.4 Å². The minimum absolute atomic E-state index is 0.202. The summed E-state index contributed by atoms with van der Waals surface area (Å²) in [6.07, 6.45) is 1.36. The molecule has 0 saturated carbocycles. The quantitative estimate of drug-likeness (QED) is 0.283. The Bertz CT molecular complexity index is 947. The first-order chi connectivity index (χ1) is 14.9. The average Bonchev–Trinajstić information content (AvgIpc) is 2.75. The van der Waals surface area contributed by atoms with Gasteiger partial charge in [0.15, 0.2) is 18.1 Å². The molecule has 0 aliphatic carbocycles. The summed E-state index contributed by atoms with van der Waals surface area (Å²) < 4.78 is 12.1. The van der Waals surface area contributed by atoms with Crippen molar-refractivity contribution in [3.63, 3.8) is 0 Å². The van der Waals surface area contributed by atoms with Gasteiger partial charge >= 0.3 is 11.8 Å². The van der Waals surface area contributed by atoms with Gasteiger partial charge in [-0.15, -0.1) is 0 Å². The summed E-state index contributed by atoms with van der Waals surface area (Å²) in [6, 6.07) is 12.1. The van der Waals surface area contributed by atoms with Gasteiger partial charge < -0.3 is 20.1 Å². The minimum Gasteiger partial charge on any atom is -0.490 e. The van der Waals surface area contributed by atoms with Gasteiger partial charge in [-0.05, 0) is 61.9 Å². The molecule has 0 atom stereocenters. The zero-order chi connectivity index (χ0) is 22.6. The molecule has 2 aromatic carbocycles. The maximum absolute atomic E-state index is 12.1. The predicted octanol–water partition coefficient (Wildman–Crippen LogP) is 2.45. The smallest absolute Gasteiger partial charge is 0.329 e. The van der Waals surface area contributed by atoms with Crippen LogP contribution in [0.2, 0.25) is 0 Å². The first-order valence-electron chi connectivity index (χ1n) is 9.49. The monoisotopic (exact) mass is 490 g/mol. The highest BCUT2D eigenvalue weighted by Gasteiger charge is 2.11. The van der Waals surface area contributed by atoms with Crippen LogP contribution in [0, 0.1) is 0 Å². The number of hydrazone groups is 1. The van der Waals surface area contributed by atoms with Crippen molar-refractivity contribution >= 4 is 45.6 Å². The molecule has 0 aliphatic rings. The van der Waals surface area contributed by atoms with E-state index in [1.54, 1.807) is 37.3 Å². The molecule has 0 radical (unpaired) electrons. The number of benzene rings is 2. The number of halogens is 1. The molecule has 9 nitrogen and oxygen atoms in total. The van der Waals surface area contributed by atoms with Gasteiger partial charge in [-0.25, -0.2) is 5.43 Å². The van der Waals surface area contributed by atoms with E-state index in [-0.39, 0.29) is 12.5 Å². The Labute approximate surface area is 188 Å². The lowest BCUT2D eigenvalue weighted by atomic mass is 10.2. The first-order valence-corrected chi connectivity index (χ1v) is 10.3. The zero-order valence-corrected chi connectivity index (χ0v) is 18.7. The van der Waals surface area contributed by atoms with E-state index in [0.29, 0.717) is 35.9 Å². The van der Waals surface area contributed by atoms with Crippen molar-refractivity contribution in [2.75, 3.05) is 25.1 Å². The van der Waals surface area contributed by atoms with Crippen LogP contribution < -0.4 is 25.5 Å². The molecular formula is C21H23BrN4O5. The molecule has 2 rings (SSSR count). The molecule has 3 amide bonds. The maximum Gasteiger partial charge on any atom is 0.329 e. The van der Waals surface area contributed by atoms with Gasteiger partial charge in [-0.2, -0.15) is 5.10 Å². The Morgan fingerprint density at radius 1 is 1.00 bits per heavy atom. The molecular weight excluding hydrogens is 468 g/mol. The van der Waals surface area contributed by atoms with Crippen molar-refractivity contribution in [1.29, 1.82) is 0 Å². The van der Waals surface area contributed by atoms with Gasteiger partial charge in [0.05, 0.1) is 12.8 Å². The van der Waals surface area contributed by atoms with Crippen molar-refractivity contribution in [1.82, 2.24) is 10.7 Å². The number of rotatable bonds is 9. The topological polar surface area (TPSA) is 118 Å². The summed E-state index contributed by atoms with van der Waals surface area (Å²) in [7, 11) is 0. The van der Waals surface area contributed by atoms with Crippen LogP contribution in [0.3, 0.4) is 0 Å². The SMILES string of the molecule is CCNC(=O)C(=O)N/N=C\c1ccc(OCC(=O)Nc2ccc(Br)cc2)c(OCC)c1. The van der Waals surface area contributed by atoms with Gasteiger partial charge in [-0.1, -0.05) is 15.9 Å². The fraction of sp³-hybridized carbons (Fsp3) is 0.238. The van der Waals surface area contributed by atoms with Crippen molar-refractivity contribution in [2.45, 2.75) is 13.8 Å². The number of hydrogen-bond acceptors (Lipinski definition) is 6. The normalized spacial score (nSPS) is 10.4. The molecule has 0 unspecified atom stereocenters. The molecule has 3 N–H and O–H groups in total. The third-order valence-corrected chi connectivity index (χ3v) is 4.21. The number of anilines is 1. The summed E-state index contributed by atoms with van der Waals surface area (Å²) in [5.41, 5.74) is 3.40. The lowest BCUT2D eigenvalue weighted by molar-refractivity contribution is -0.139. The molecule has 164 valence electrons. The number of nitrogens with one attached hydrogen (secondary N) is 3. The van der Waals surface area contributed by atoms with Crippen molar-refractivity contribution in [3.8, 4) is 11.5 Å². The van der Waals surface area contributed by atoms with Crippen molar-refractivity contribution in [3.05, 3.63) is 52.5 Å². The van der Waals surface area contributed by atoms with Crippen LogP contribution in [0.1, 0.15) is 19.4 Å². The summed E-state index contributed by atoms with van der Waals surface area (Å²) in [5, 5.41) is 8.86. The highest BCUT2D eigenvalue weighted by molar-refractivity contribution is 9.10. The summed E-state index contributed by atoms with van der Waals surface area (Å²) in [5.74, 6) is -1.14. The molecule has 0 heterocycles. The zero-order valence-electron chi connectivity index (χ0n) is 17.1. The third kappa shape index (κ3) is 8.09. The summed E-state index contributed by atoms with van der Waals surface area (Å²) in [4.78, 5) is 35.0. The van der Waals surface area contributed by atoms with Gasteiger partial charge in [-0.3, -0.25) is 14.4 Å². The van der Waals surface area contributed by atoms with E-state index in [1.807, 2.05) is 19.1 Å². The highest BCUT2D eigenvalue weighted by atomic mass is 79.9. The Balaban J connectivity index is 1.96. The lowest BCUT2D eigenvalue weighted by Gasteiger charge is -2.12. The van der Waals surface area contributed by atoms with E-state index in [1.165, 1.54) is 6.21 Å². The molecule has 0 aromatic heterocycles. The number of ether oxygens (including phenoxy) is 2. The van der Waals surface area contributed by atoms with Crippen molar-refractivity contribution in [2.24, 2.45) is 5.10 Å². The van der Waals surface area contributed by atoms with Crippen molar-refractivity contribution < 1.29 is 23.9 Å². The van der Waals surface area contributed by atoms with Crippen LogP contribution in [-0.2, 0) is 14.4 Å². The van der Waals surface area contributed by atoms with Gasteiger partial charge in [0.1, 0.15) is 0 Å². The summed E-state index contributed by atoms with van der Waals surface area (Å²) >= 11 is 3.34. The number of carbonyl (C=O) groups excluding carboxylic acids is 3. The minimum atomic E-state index is -0.861. The highest BCUT2D eigenvalue weighted by Crippen LogP contribution is 2.28. The fourth-order valence-electron chi connectivity index (χ4n) is 2.32. The number of hydrogen-bond donors (Lipinski definition) is 3. The Kier molecular flexibility index (Phi) is 9.50. The second-order valence-electron chi connectivity index (χ2n) is 6.04. The lowest BCUT2D eigenvalue weighted by Crippen LogP contribution is -2.37. The van der Waals surface area contributed by atoms with Crippen LogP contribution in [0.15, 0.2) is 52.0 Å². The van der Waals surface area contributed by atoms with Gasteiger partial charge in [0.25, 0.3) is 5.91 Å². The summed E-state index contributed by atoms with van der Waals surface area (Å²) in [6.45, 7) is 4.05. The molecule has 0 fully saturated rings. The fourth-order valence-corrected chi connectivity index (χ4v) is 2.59. The molecule has 0 saturated heterocycles. The average molecular weight is 491 g/mol. The van der Waals surface area contributed by atoms with Crippen LogP contribution in [0.4, 0.5) is 5.69 Å². The van der Waals surface area contributed by atoms with Crippen LogP contribution in [-0.4, -0.2) is 43.7 Å². The van der Waals surface area contributed by atoms with E-state index < -0.39 is 11.8 Å². The Morgan fingerprint density at radius 3 is 2.42 bits per heavy atom. The van der Waals surface area contributed by atoms with Crippen LogP contribution in [0.25, 0.3) is 0 Å². The number of carbonyl (C=O) groups is 3. The van der Waals surface area contributed by atoms with E-state index in [4.69, 9.17) is 9.47 Å². The Hall–Kier alpha value is -3.40. The van der Waals surface area contributed by atoms with Gasteiger partial charge in [0, 0.05) is 16.7 Å². The van der Waals surface area contributed by atoms with Crippen LogP contribution in [0.5, 0.6) is 11.5 Å². The number of likely N-dealkylation sites (N-methyl/N-ethyl adjacent to an activating group) is 1. The number of amides is 3. The van der Waals surface area contributed by atoms with E-state index >= 15 is 0 Å². The molecule has 10 heteroatoms. The Morgan fingerprint density at radius 2 is 1.74 bits per heavy atom.